The van der Waals surface area contributed by atoms with E-state index in [0.29, 0.717) is 28.3 Å². The molecule has 1 N–H and O–H groups in total. The van der Waals surface area contributed by atoms with Gasteiger partial charge in [0.15, 0.2) is 23.0 Å². The van der Waals surface area contributed by atoms with Crippen LogP contribution in [0.15, 0.2) is 53.0 Å². The van der Waals surface area contributed by atoms with Crippen molar-refractivity contribution in [2.75, 3.05) is 14.2 Å². The Morgan fingerprint density at radius 3 is 2.36 bits per heavy atom. The molecule has 0 amide bonds. The molecule has 0 radical (unpaired) electrons. The summed E-state index contributed by atoms with van der Waals surface area (Å²) in [6, 6.07) is 13.4. The van der Waals surface area contributed by atoms with Gasteiger partial charge in [0, 0.05) is 17.2 Å². The smallest absolute Gasteiger partial charge is 0.200 e. The number of aliphatic hydroxyl groups excluding tert-OH is 1. The predicted molar refractivity (Wildman–Crippen MR) is 92.6 cm³/mol. The monoisotopic (exact) mass is 334 g/mol. The average Bonchev–Trinajstić information content (AvgIpc) is 2.91. The second-order valence-electron chi connectivity index (χ2n) is 5.21. The van der Waals surface area contributed by atoms with Gasteiger partial charge < -0.3 is 14.6 Å². The highest BCUT2D eigenvalue weighted by Gasteiger charge is 2.32. The number of nitriles is 1. The van der Waals surface area contributed by atoms with E-state index in [-0.39, 0.29) is 17.0 Å². The number of ketones is 1. The summed E-state index contributed by atoms with van der Waals surface area (Å²) < 4.78 is 10.4. The van der Waals surface area contributed by atoms with Crippen LogP contribution in [0.1, 0.15) is 15.9 Å². The summed E-state index contributed by atoms with van der Waals surface area (Å²) in [5.41, 5.74) is 0.894. The van der Waals surface area contributed by atoms with Crippen LogP contribution in [-0.4, -0.2) is 30.8 Å². The molecule has 0 fully saturated rings. The molecule has 0 heterocycles. The van der Waals surface area contributed by atoms with Gasteiger partial charge >= 0.3 is 0 Å². The first-order valence-electron chi connectivity index (χ1n) is 7.39. The van der Waals surface area contributed by atoms with E-state index in [9.17, 15) is 15.2 Å². The van der Waals surface area contributed by atoms with Crippen LogP contribution in [0, 0.1) is 11.3 Å². The van der Waals surface area contributed by atoms with Gasteiger partial charge in [0.25, 0.3) is 0 Å². The van der Waals surface area contributed by atoms with Crippen molar-refractivity contribution in [3.05, 3.63) is 59.2 Å². The number of allylic oxidation sites excluding steroid dienone is 1. The van der Waals surface area contributed by atoms with Gasteiger partial charge in [-0.15, -0.1) is 0 Å². The highest BCUT2D eigenvalue weighted by atomic mass is 16.5. The third-order valence-electron chi connectivity index (χ3n) is 3.84. The molecule has 1 aliphatic carbocycles. The lowest BCUT2D eigenvalue weighted by atomic mass is 10.1. The van der Waals surface area contributed by atoms with Crippen LogP contribution in [0.5, 0.6) is 11.5 Å². The standard InChI is InChI=1S/C19H14N2O4/c1-24-15-8-7-11(9-16(15)25-2)21-14(10-20)17-18(22)12-5-3-4-6-13(12)19(17)23/h3-9,22H,1-2H3. The first-order chi connectivity index (χ1) is 12.1. The number of rotatable bonds is 4. The summed E-state index contributed by atoms with van der Waals surface area (Å²) in [6.07, 6.45) is 0. The minimum absolute atomic E-state index is 0.0986. The molecule has 0 bridgehead atoms. The Kier molecular flexibility index (Phi) is 4.23. The van der Waals surface area contributed by atoms with Crippen LogP contribution in [0.3, 0.4) is 0 Å². The molecule has 0 saturated heterocycles. The third kappa shape index (κ3) is 2.72. The lowest BCUT2D eigenvalue weighted by molar-refractivity contribution is 0.104. The Morgan fingerprint density at radius 1 is 1.08 bits per heavy atom. The predicted octanol–water partition coefficient (Wildman–Crippen LogP) is 3.47. The highest BCUT2D eigenvalue weighted by molar-refractivity contribution is 6.39. The Balaban J connectivity index is 2.08. The number of benzene rings is 2. The quantitative estimate of drug-likeness (QED) is 0.864. The van der Waals surface area contributed by atoms with Crippen molar-refractivity contribution in [3.63, 3.8) is 0 Å². The van der Waals surface area contributed by atoms with Crippen molar-refractivity contribution in [3.8, 4) is 17.6 Å². The zero-order valence-electron chi connectivity index (χ0n) is 13.6. The molecule has 2 aromatic carbocycles. The summed E-state index contributed by atoms with van der Waals surface area (Å²) in [5.74, 6) is 0.307. The van der Waals surface area contributed by atoms with Crippen molar-refractivity contribution in [2.45, 2.75) is 0 Å². The number of carbonyl (C=O) groups excluding carboxylic acids is 1. The number of aliphatic imine (C=N–C) groups is 1. The molecule has 0 aromatic heterocycles. The summed E-state index contributed by atoms with van der Waals surface area (Å²) in [4.78, 5) is 16.7. The maximum atomic E-state index is 12.5. The number of hydrogen-bond acceptors (Lipinski definition) is 6. The first kappa shape index (κ1) is 16.3. The number of hydrogen-bond donors (Lipinski definition) is 1. The average molecular weight is 334 g/mol. The van der Waals surface area contributed by atoms with E-state index in [2.05, 4.69) is 4.99 Å². The van der Waals surface area contributed by atoms with Crippen LogP contribution in [0.25, 0.3) is 5.76 Å². The van der Waals surface area contributed by atoms with Gasteiger partial charge in [-0.1, -0.05) is 24.3 Å². The van der Waals surface area contributed by atoms with Crippen LogP contribution < -0.4 is 9.47 Å². The van der Waals surface area contributed by atoms with E-state index in [4.69, 9.17) is 9.47 Å². The van der Waals surface area contributed by atoms with Gasteiger partial charge in [-0.05, 0) is 12.1 Å². The number of aliphatic hydroxyl groups is 1. The molecule has 0 aliphatic heterocycles. The van der Waals surface area contributed by atoms with Crippen LogP contribution in [-0.2, 0) is 0 Å². The maximum Gasteiger partial charge on any atom is 0.200 e. The van der Waals surface area contributed by atoms with E-state index in [0.717, 1.165) is 0 Å². The van der Waals surface area contributed by atoms with E-state index < -0.39 is 5.78 Å². The number of ether oxygens (including phenoxy) is 2. The van der Waals surface area contributed by atoms with Crippen molar-refractivity contribution in [1.82, 2.24) is 0 Å². The lowest BCUT2D eigenvalue weighted by Crippen LogP contribution is -2.08. The van der Waals surface area contributed by atoms with Crippen molar-refractivity contribution in [1.29, 1.82) is 5.26 Å². The number of carbonyl (C=O) groups is 1. The molecule has 6 heteroatoms. The fourth-order valence-electron chi connectivity index (χ4n) is 2.64. The number of methoxy groups -OCH3 is 2. The van der Waals surface area contributed by atoms with E-state index >= 15 is 0 Å². The summed E-state index contributed by atoms with van der Waals surface area (Å²) in [7, 11) is 3.00. The summed E-state index contributed by atoms with van der Waals surface area (Å²) in [6.45, 7) is 0. The molecule has 0 atom stereocenters. The fourth-order valence-corrected chi connectivity index (χ4v) is 2.64. The molecule has 124 valence electrons. The fraction of sp³-hybridized carbons (Fsp3) is 0.105. The minimum Gasteiger partial charge on any atom is -0.506 e. The molecule has 0 unspecified atom stereocenters. The van der Waals surface area contributed by atoms with Crippen LogP contribution in [0.2, 0.25) is 0 Å². The Hall–Kier alpha value is -3.59. The number of fused-ring (bicyclic) bond motifs is 1. The zero-order valence-corrected chi connectivity index (χ0v) is 13.6. The van der Waals surface area contributed by atoms with E-state index in [1.54, 1.807) is 42.5 Å². The van der Waals surface area contributed by atoms with Crippen molar-refractivity contribution >= 4 is 22.9 Å². The Bertz CT molecular complexity index is 968. The Morgan fingerprint density at radius 2 is 1.76 bits per heavy atom. The lowest BCUT2D eigenvalue weighted by Gasteiger charge is -2.07. The van der Waals surface area contributed by atoms with E-state index in [1.807, 2.05) is 6.07 Å². The molecular formula is C19H14N2O4. The molecule has 3 rings (SSSR count). The second kappa shape index (κ2) is 6.49. The van der Waals surface area contributed by atoms with Gasteiger partial charge in [0.05, 0.1) is 19.9 Å². The topological polar surface area (TPSA) is 91.9 Å². The summed E-state index contributed by atoms with van der Waals surface area (Å²) >= 11 is 0. The number of Topliss-reactive ketones (excluding diaryl/α,β-unsaturated/α-hetero) is 1. The molecule has 0 saturated carbocycles. The largest absolute Gasteiger partial charge is 0.506 e. The van der Waals surface area contributed by atoms with Gasteiger partial charge in [-0.2, -0.15) is 5.26 Å². The molecule has 25 heavy (non-hydrogen) atoms. The zero-order chi connectivity index (χ0) is 18.0. The van der Waals surface area contributed by atoms with E-state index in [1.165, 1.54) is 14.2 Å². The molecular weight excluding hydrogens is 320 g/mol. The maximum absolute atomic E-state index is 12.5. The van der Waals surface area contributed by atoms with Crippen LogP contribution in [0.4, 0.5) is 5.69 Å². The van der Waals surface area contributed by atoms with Crippen molar-refractivity contribution < 1.29 is 19.4 Å². The third-order valence-corrected chi connectivity index (χ3v) is 3.84. The molecule has 1 aliphatic rings. The number of nitrogens with zero attached hydrogens (tertiary/aromatic N) is 2. The van der Waals surface area contributed by atoms with Crippen LogP contribution >= 0.6 is 0 Å². The normalized spacial score (nSPS) is 13.5. The van der Waals surface area contributed by atoms with Gasteiger partial charge in [0.1, 0.15) is 17.4 Å². The van der Waals surface area contributed by atoms with Gasteiger partial charge in [-0.3, -0.25) is 4.79 Å². The van der Waals surface area contributed by atoms with Gasteiger partial charge in [-0.25, -0.2) is 4.99 Å². The van der Waals surface area contributed by atoms with Crippen molar-refractivity contribution in [2.24, 2.45) is 4.99 Å². The highest BCUT2D eigenvalue weighted by Crippen LogP contribution is 2.34. The molecule has 2 aromatic rings. The Labute approximate surface area is 144 Å². The van der Waals surface area contributed by atoms with Gasteiger partial charge in [0.2, 0.25) is 0 Å². The molecule has 0 spiro atoms. The SMILES string of the molecule is COc1ccc(N=C(C#N)C2=C(O)c3ccccc3C2=O)cc1OC. The molecule has 6 nitrogen and oxygen atoms in total. The second-order valence-corrected chi connectivity index (χ2v) is 5.21. The first-order valence-corrected chi connectivity index (χ1v) is 7.39. The summed E-state index contributed by atoms with van der Waals surface area (Å²) in [5, 5.41) is 19.8. The minimum atomic E-state index is -0.422.